The number of anilines is 1. The highest BCUT2D eigenvalue weighted by atomic mass is 32.1. The van der Waals surface area contributed by atoms with Crippen LogP contribution in [0.15, 0.2) is 48.5 Å². The van der Waals surface area contributed by atoms with E-state index in [2.05, 4.69) is 20.4 Å². The summed E-state index contributed by atoms with van der Waals surface area (Å²) >= 11 is 1.38. The van der Waals surface area contributed by atoms with Gasteiger partial charge in [-0.2, -0.15) is 13.2 Å². The number of para-hydroxylation sites is 1. The highest BCUT2D eigenvalue weighted by Crippen LogP contribution is 2.25. The molecule has 0 atom stereocenters. The smallest absolute Gasteiger partial charge is 0.367 e. The van der Waals surface area contributed by atoms with Gasteiger partial charge in [0, 0.05) is 6.54 Å². The zero-order valence-electron chi connectivity index (χ0n) is 14.0. The third kappa shape index (κ3) is 5.93. The Morgan fingerprint density at radius 1 is 1.07 bits per heavy atom. The molecule has 1 aromatic heterocycles. The van der Waals surface area contributed by atoms with Crippen molar-refractivity contribution in [1.29, 1.82) is 0 Å². The molecule has 27 heavy (non-hydrogen) atoms. The number of hydrogen-bond acceptors (Lipinski definition) is 4. The Balaban J connectivity index is 1.45. The molecule has 0 aliphatic carbocycles. The average molecular weight is 395 g/mol. The molecule has 0 bridgehead atoms. The molecule has 0 saturated carbocycles. The van der Waals surface area contributed by atoms with Crippen molar-refractivity contribution in [3.05, 3.63) is 59.7 Å². The van der Waals surface area contributed by atoms with Crippen molar-refractivity contribution in [2.75, 3.05) is 11.9 Å². The van der Waals surface area contributed by atoms with Gasteiger partial charge >= 0.3 is 12.2 Å². The van der Waals surface area contributed by atoms with Gasteiger partial charge in [-0.15, -0.1) is 0 Å². The minimum absolute atomic E-state index is 0.120. The highest BCUT2D eigenvalue weighted by molar-refractivity contribution is 7.22. The molecule has 0 radical (unpaired) electrons. The minimum atomic E-state index is -4.33. The molecule has 2 N–H and O–H groups in total. The van der Waals surface area contributed by atoms with Gasteiger partial charge in [-0.05, 0) is 23.3 Å². The van der Waals surface area contributed by atoms with E-state index in [1.807, 2.05) is 24.3 Å². The van der Waals surface area contributed by atoms with E-state index >= 15 is 0 Å². The number of fused-ring (bicyclic) bond motifs is 1. The second-order valence-corrected chi connectivity index (χ2v) is 6.75. The zero-order valence-corrected chi connectivity index (χ0v) is 14.9. The summed E-state index contributed by atoms with van der Waals surface area (Å²) < 4.78 is 41.7. The number of urea groups is 1. The van der Waals surface area contributed by atoms with Crippen molar-refractivity contribution < 1.29 is 22.7 Å². The molecule has 2 aromatic carbocycles. The van der Waals surface area contributed by atoms with Gasteiger partial charge < -0.3 is 10.1 Å². The summed E-state index contributed by atoms with van der Waals surface area (Å²) in [4.78, 5) is 16.3. The molecule has 3 aromatic rings. The van der Waals surface area contributed by atoms with E-state index in [0.717, 1.165) is 15.8 Å². The zero-order chi connectivity index (χ0) is 19.3. The van der Waals surface area contributed by atoms with Crippen molar-refractivity contribution in [2.24, 2.45) is 0 Å². The van der Waals surface area contributed by atoms with Crippen molar-refractivity contribution in [1.82, 2.24) is 10.3 Å². The van der Waals surface area contributed by atoms with Crippen molar-refractivity contribution in [2.45, 2.75) is 19.3 Å². The number of alkyl halides is 3. The van der Waals surface area contributed by atoms with Crippen LogP contribution < -0.4 is 10.6 Å². The van der Waals surface area contributed by atoms with Gasteiger partial charge in [-0.25, -0.2) is 9.78 Å². The third-order valence-corrected chi connectivity index (χ3v) is 4.48. The van der Waals surface area contributed by atoms with Gasteiger partial charge in [0.1, 0.15) is 6.61 Å². The van der Waals surface area contributed by atoms with Gasteiger partial charge in [-0.1, -0.05) is 47.7 Å². The van der Waals surface area contributed by atoms with E-state index < -0.39 is 12.8 Å². The Morgan fingerprint density at radius 3 is 2.48 bits per heavy atom. The fourth-order valence-corrected chi connectivity index (χ4v) is 3.15. The summed E-state index contributed by atoms with van der Waals surface area (Å²) in [5.74, 6) is 0. The molecular weight excluding hydrogens is 379 g/mol. The van der Waals surface area contributed by atoms with E-state index in [-0.39, 0.29) is 19.2 Å². The number of halogens is 3. The summed E-state index contributed by atoms with van der Waals surface area (Å²) in [6, 6.07) is 14.0. The first-order chi connectivity index (χ1) is 12.9. The number of rotatable bonds is 6. The Kier molecular flexibility index (Phi) is 5.92. The molecule has 0 saturated heterocycles. The predicted octanol–water partition coefficient (Wildman–Crippen LogP) is 4.70. The van der Waals surface area contributed by atoms with Crippen molar-refractivity contribution in [3.63, 3.8) is 0 Å². The van der Waals surface area contributed by atoms with Crippen molar-refractivity contribution in [3.8, 4) is 0 Å². The third-order valence-electron chi connectivity index (χ3n) is 3.52. The lowest BCUT2D eigenvalue weighted by atomic mass is 10.1. The maximum Gasteiger partial charge on any atom is 0.411 e. The molecule has 0 unspecified atom stereocenters. The van der Waals surface area contributed by atoms with Crippen LogP contribution in [0.1, 0.15) is 11.1 Å². The van der Waals surface area contributed by atoms with E-state index in [0.29, 0.717) is 10.7 Å². The number of amides is 2. The molecule has 0 spiro atoms. The van der Waals surface area contributed by atoms with Crippen LogP contribution >= 0.6 is 11.3 Å². The summed E-state index contributed by atoms with van der Waals surface area (Å²) in [5.41, 5.74) is 2.26. The first kappa shape index (κ1) is 19.1. The van der Waals surface area contributed by atoms with Crippen LogP contribution in [-0.2, 0) is 17.9 Å². The van der Waals surface area contributed by atoms with E-state index in [1.165, 1.54) is 11.3 Å². The lowest BCUT2D eigenvalue weighted by Gasteiger charge is -2.09. The van der Waals surface area contributed by atoms with Crippen LogP contribution in [0.5, 0.6) is 0 Å². The Hall–Kier alpha value is -2.65. The largest absolute Gasteiger partial charge is 0.411 e. The molecular formula is C18H16F3N3O2S. The molecule has 2 amide bonds. The summed E-state index contributed by atoms with van der Waals surface area (Å²) in [6.07, 6.45) is -4.33. The number of hydrogen-bond donors (Lipinski definition) is 2. The van der Waals surface area contributed by atoms with Crippen LogP contribution in [0.4, 0.5) is 23.1 Å². The van der Waals surface area contributed by atoms with Crippen LogP contribution in [0.2, 0.25) is 0 Å². The normalized spacial score (nSPS) is 11.5. The fraction of sp³-hybridized carbons (Fsp3) is 0.222. The lowest BCUT2D eigenvalue weighted by Crippen LogP contribution is -2.28. The van der Waals surface area contributed by atoms with E-state index in [1.54, 1.807) is 24.3 Å². The molecule has 1 heterocycles. The monoisotopic (exact) mass is 395 g/mol. The quantitative estimate of drug-likeness (QED) is 0.636. The fourth-order valence-electron chi connectivity index (χ4n) is 2.29. The number of ether oxygens (including phenoxy) is 1. The van der Waals surface area contributed by atoms with Crippen LogP contribution in [0, 0.1) is 0 Å². The summed E-state index contributed by atoms with van der Waals surface area (Å²) in [7, 11) is 0. The van der Waals surface area contributed by atoms with Gasteiger partial charge in [-0.3, -0.25) is 5.32 Å². The van der Waals surface area contributed by atoms with Gasteiger partial charge in [0.25, 0.3) is 0 Å². The van der Waals surface area contributed by atoms with Crippen LogP contribution in [0.25, 0.3) is 10.2 Å². The maximum atomic E-state index is 12.0. The second kappa shape index (κ2) is 8.36. The second-order valence-electron chi connectivity index (χ2n) is 5.72. The number of carbonyl (C=O) groups excluding carboxylic acids is 1. The van der Waals surface area contributed by atoms with Crippen molar-refractivity contribution >= 4 is 32.7 Å². The molecule has 9 heteroatoms. The topological polar surface area (TPSA) is 63.2 Å². The SMILES string of the molecule is O=C(NCc1ccc(COCC(F)(F)F)cc1)Nc1nc2ccccc2s1. The van der Waals surface area contributed by atoms with Gasteiger partial charge in [0.05, 0.1) is 16.8 Å². The molecule has 0 aliphatic rings. The number of thiazole rings is 1. The predicted molar refractivity (Wildman–Crippen MR) is 97.6 cm³/mol. The van der Waals surface area contributed by atoms with Gasteiger partial charge in [0.2, 0.25) is 0 Å². The number of nitrogens with zero attached hydrogens (tertiary/aromatic N) is 1. The first-order valence-corrected chi connectivity index (χ1v) is 8.83. The molecule has 0 fully saturated rings. The molecule has 5 nitrogen and oxygen atoms in total. The van der Waals surface area contributed by atoms with Gasteiger partial charge in [0.15, 0.2) is 5.13 Å². The Morgan fingerprint density at radius 2 is 1.78 bits per heavy atom. The first-order valence-electron chi connectivity index (χ1n) is 8.02. The Labute approximate surface area is 157 Å². The van der Waals surface area contributed by atoms with E-state index in [4.69, 9.17) is 0 Å². The summed E-state index contributed by atoms with van der Waals surface area (Å²) in [5, 5.41) is 5.90. The highest BCUT2D eigenvalue weighted by Gasteiger charge is 2.27. The number of benzene rings is 2. The number of aromatic nitrogens is 1. The summed E-state index contributed by atoms with van der Waals surface area (Å²) in [6.45, 7) is -1.12. The van der Waals surface area contributed by atoms with Crippen LogP contribution in [-0.4, -0.2) is 23.8 Å². The average Bonchev–Trinajstić information content (AvgIpc) is 3.02. The minimum Gasteiger partial charge on any atom is -0.367 e. The number of carbonyl (C=O) groups is 1. The molecule has 142 valence electrons. The van der Waals surface area contributed by atoms with E-state index in [9.17, 15) is 18.0 Å². The molecule has 3 rings (SSSR count). The lowest BCUT2D eigenvalue weighted by molar-refractivity contribution is -0.176. The standard InChI is InChI=1S/C18H16F3N3O2S/c19-18(20,21)11-26-10-13-7-5-12(6-8-13)9-22-16(25)24-17-23-14-3-1-2-4-15(14)27-17/h1-8H,9-11H2,(H2,22,23,24,25). The Bertz CT molecular complexity index is 877. The van der Waals surface area contributed by atoms with Crippen LogP contribution in [0.3, 0.4) is 0 Å². The molecule has 0 aliphatic heterocycles. The number of nitrogens with one attached hydrogen (secondary N) is 2. The maximum absolute atomic E-state index is 12.0.